The number of hydrogen-bond acceptors (Lipinski definition) is 4. The molecule has 1 aliphatic heterocycles. The summed E-state index contributed by atoms with van der Waals surface area (Å²) in [7, 11) is -1.84. The van der Waals surface area contributed by atoms with Gasteiger partial charge in [-0.1, -0.05) is 34.6 Å². The predicted octanol–water partition coefficient (Wildman–Crippen LogP) is 6.65. The number of carbonyl (C=O) groups excluding carboxylic acids is 1. The van der Waals surface area contributed by atoms with E-state index in [-0.39, 0.29) is 33.9 Å². The van der Waals surface area contributed by atoms with E-state index in [0.717, 1.165) is 12.8 Å². The minimum atomic E-state index is -1.84. The second-order valence-corrected chi connectivity index (χ2v) is 19.0. The molecule has 33 heavy (non-hydrogen) atoms. The van der Waals surface area contributed by atoms with E-state index in [0.29, 0.717) is 30.3 Å². The number of hydrogen-bond donors (Lipinski definition) is 0. The Bertz CT molecular complexity index is 870. The lowest BCUT2D eigenvalue weighted by atomic mass is 9.46. The molecular formula is C28H46O4Si. The summed E-state index contributed by atoms with van der Waals surface area (Å²) in [6.45, 7) is 20.9. The first kappa shape index (κ1) is 24.2. The molecule has 5 rings (SSSR count). The maximum Gasteiger partial charge on any atom is 0.192 e. The van der Waals surface area contributed by atoms with Gasteiger partial charge in [0, 0.05) is 6.42 Å². The normalized spacial score (nSPS) is 46.8. The molecule has 0 aromatic rings. The van der Waals surface area contributed by atoms with E-state index in [1.165, 1.54) is 24.8 Å². The zero-order valence-electron chi connectivity index (χ0n) is 22.4. The van der Waals surface area contributed by atoms with Crippen LogP contribution in [-0.4, -0.2) is 38.2 Å². The average molecular weight is 475 g/mol. The molecule has 4 fully saturated rings. The summed E-state index contributed by atoms with van der Waals surface area (Å²) in [5, 5.41) is 0.225. The van der Waals surface area contributed by atoms with Crippen LogP contribution in [0.5, 0.6) is 0 Å². The maximum atomic E-state index is 12.5. The molecule has 5 aliphatic rings. The molecule has 1 saturated heterocycles. The van der Waals surface area contributed by atoms with E-state index >= 15 is 0 Å². The van der Waals surface area contributed by atoms with Crippen molar-refractivity contribution in [2.24, 2.45) is 28.6 Å². The summed E-state index contributed by atoms with van der Waals surface area (Å²) in [5.74, 6) is 1.28. The molecule has 0 amide bonds. The van der Waals surface area contributed by atoms with Gasteiger partial charge in [-0.3, -0.25) is 4.79 Å². The van der Waals surface area contributed by atoms with Crippen LogP contribution in [0.4, 0.5) is 0 Å². The van der Waals surface area contributed by atoms with Gasteiger partial charge in [-0.05, 0) is 104 Å². The van der Waals surface area contributed by atoms with Gasteiger partial charge in [0.05, 0.1) is 12.2 Å². The first-order valence-electron chi connectivity index (χ1n) is 13.4. The Balaban J connectivity index is 1.52. The number of carbonyl (C=O) groups is 1. The van der Waals surface area contributed by atoms with Crippen LogP contribution in [0.3, 0.4) is 0 Å². The van der Waals surface area contributed by atoms with Gasteiger partial charge in [-0.25, -0.2) is 0 Å². The minimum Gasteiger partial charge on any atom is -0.413 e. The fourth-order valence-electron chi connectivity index (χ4n) is 8.13. The Morgan fingerprint density at radius 2 is 1.70 bits per heavy atom. The highest BCUT2D eigenvalue weighted by molar-refractivity contribution is 6.74. The van der Waals surface area contributed by atoms with Gasteiger partial charge in [0.25, 0.3) is 0 Å². The Hall–Kier alpha value is -0.493. The van der Waals surface area contributed by atoms with E-state index in [2.05, 4.69) is 47.7 Å². The predicted molar refractivity (Wildman–Crippen MR) is 133 cm³/mol. The summed E-state index contributed by atoms with van der Waals surface area (Å²) in [6.07, 6.45) is 8.67. The lowest BCUT2D eigenvalue weighted by Gasteiger charge is -2.60. The first-order chi connectivity index (χ1) is 15.1. The lowest BCUT2D eigenvalue weighted by Crippen LogP contribution is -2.60. The van der Waals surface area contributed by atoms with E-state index in [4.69, 9.17) is 13.9 Å². The van der Waals surface area contributed by atoms with Crippen LogP contribution in [0.15, 0.2) is 11.6 Å². The first-order valence-corrected chi connectivity index (χ1v) is 16.3. The van der Waals surface area contributed by atoms with Crippen LogP contribution in [-0.2, 0) is 18.7 Å². The van der Waals surface area contributed by atoms with Gasteiger partial charge in [-0.15, -0.1) is 0 Å². The van der Waals surface area contributed by atoms with Gasteiger partial charge in [0.2, 0.25) is 0 Å². The summed E-state index contributed by atoms with van der Waals surface area (Å²) in [6, 6.07) is 0. The van der Waals surface area contributed by atoms with E-state index in [1.54, 1.807) is 0 Å². The fraction of sp³-hybridized carbons (Fsp3) is 0.893. The Morgan fingerprint density at radius 3 is 2.36 bits per heavy atom. The molecule has 0 aromatic carbocycles. The standard InChI is InChI=1S/C28H46O4Si/c1-25(2,3)33(8,9)32-21-11-10-18-22-19(13-15-28(18,21)7)27(6)14-12-17(29)16-20(27)23-24(22)31-26(4,5)30-23/h16,18-19,21-24H,10-15H2,1-9H3/t18?,19?,21-,22?,23+,24+,27+,28-/m0/s1. The van der Waals surface area contributed by atoms with Crippen molar-refractivity contribution in [3.63, 3.8) is 0 Å². The zero-order chi connectivity index (χ0) is 24.2. The summed E-state index contributed by atoms with van der Waals surface area (Å²) >= 11 is 0. The third kappa shape index (κ3) is 3.50. The number of ether oxygens (including phenoxy) is 2. The van der Waals surface area contributed by atoms with Gasteiger partial charge >= 0.3 is 0 Å². The third-order valence-electron chi connectivity index (χ3n) is 11.0. The van der Waals surface area contributed by atoms with E-state index < -0.39 is 14.1 Å². The number of ketones is 1. The molecule has 4 aliphatic carbocycles. The van der Waals surface area contributed by atoms with Crippen LogP contribution in [0.1, 0.15) is 87.0 Å². The highest BCUT2D eigenvalue weighted by Gasteiger charge is 2.67. The molecule has 0 aromatic heterocycles. The highest BCUT2D eigenvalue weighted by Crippen LogP contribution is 2.68. The van der Waals surface area contributed by atoms with Crippen molar-refractivity contribution in [2.75, 3.05) is 0 Å². The molecule has 8 atom stereocenters. The van der Waals surface area contributed by atoms with Crippen molar-refractivity contribution in [1.29, 1.82) is 0 Å². The smallest absolute Gasteiger partial charge is 0.192 e. The highest BCUT2D eigenvalue weighted by atomic mass is 28.4. The molecule has 186 valence electrons. The quantitative estimate of drug-likeness (QED) is 0.420. The summed E-state index contributed by atoms with van der Waals surface area (Å²) in [5.41, 5.74) is 1.47. The molecule has 5 heteroatoms. The molecule has 0 N–H and O–H groups in total. The van der Waals surface area contributed by atoms with Crippen molar-refractivity contribution in [2.45, 2.75) is 129 Å². The van der Waals surface area contributed by atoms with Crippen LogP contribution >= 0.6 is 0 Å². The zero-order valence-corrected chi connectivity index (χ0v) is 23.4. The SMILES string of the molecule is CC1(C)O[C@@H]2C3=CC(=O)CC[C@]3(C)C3CC[C@@]4(C)C(CC[C@@H]4O[Si](C)(C)C(C)(C)C)C3[C@H]2O1. The largest absolute Gasteiger partial charge is 0.413 e. The van der Waals surface area contributed by atoms with E-state index in [1.807, 2.05) is 19.9 Å². The van der Waals surface area contributed by atoms with Crippen molar-refractivity contribution >= 4 is 14.1 Å². The Kier molecular flexibility index (Phi) is 5.33. The van der Waals surface area contributed by atoms with Crippen molar-refractivity contribution in [1.82, 2.24) is 0 Å². The van der Waals surface area contributed by atoms with Gasteiger partial charge in [0.15, 0.2) is 19.9 Å². The van der Waals surface area contributed by atoms with Crippen LogP contribution < -0.4 is 0 Å². The maximum absolute atomic E-state index is 12.5. The fourth-order valence-corrected chi connectivity index (χ4v) is 9.58. The monoisotopic (exact) mass is 474 g/mol. The second kappa shape index (κ2) is 7.27. The number of rotatable bonds is 2. The molecule has 0 bridgehead atoms. The molecule has 0 spiro atoms. The van der Waals surface area contributed by atoms with E-state index in [9.17, 15) is 4.79 Å². The number of fused-ring (bicyclic) bond motifs is 8. The van der Waals surface area contributed by atoms with Crippen molar-refractivity contribution < 1.29 is 18.7 Å². The Morgan fingerprint density at radius 1 is 1.00 bits per heavy atom. The van der Waals surface area contributed by atoms with Crippen molar-refractivity contribution in [3.05, 3.63) is 11.6 Å². The van der Waals surface area contributed by atoms with Gasteiger partial charge < -0.3 is 13.9 Å². The third-order valence-corrected chi connectivity index (χ3v) is 15.5. The van der Waals surface area contributed by atoms with Gasteiger partial charge in [-0.2, -0.15) is 0 Å². The second-order valence-electron chi connectivity index (χ2n) is 14.3. The summed E-state index contributed by atoms with van der Waals surface area (Å²) < 4.78 is 20.4. The van der Waals surface area contributed by atoms with Crippen LogP contribution in [0, 0.1) is 28.6 Å². The molecule has 3 saturated carbocycles. The summed E-state index contributed by atoms with van der Waals surface area (Å²) in [4.78, 5) is 12.5. The molecule has 3 unspecified atom stereocenters. The topological polar surface area (TPSA) is 44.8 Å². The van der Waals surface area contributed by atoms with Crippen LogP contribution in [0.2, 0.25) is 18.1 Å². The van der Waals surface area contributed by atoms with Crippen molar-refractivity contribution in [3.8, 4) is 0 Å². The molecule has 1 heterocycles. The molecule has 4 nitrogen and oxygen atoms in total. The van der Waals surface area contributed by atoms with Gasteiger partial charge in [0.1, 0.15) is 6.10 Å². The molecule has 0 radical (unpaired) electrons. The lowest BCUT2D eigenvalue weighted by molar-refractivity contribution is -0.164. The molecular weight excluding hydrogens is 428 g/mol. The minimum absolute atomic E-state index is 0.0449. The Labute approximate surface area is 202 Å². The van der Waals surface area contributed by atoms with Crippen LogP contribution in [0.25, 0.3) is 0 Å². The average Bonchev–Trinajstić information content (AvgIpc) is 3.18.